The van der Waals surface area contributed by atoms with Crippen molar-refractivity contribution in [1.29, 1.82) is 0 Å². The van der Waals surface area contributed by atoms with Crippen molar-refractivity contribution in [2.24, 2.45) is 23.2 Å². The lowest BCUT2D eigenvalue weighted by Gasteiger charge is -2.12. The zero-order valence-corrected chi connectivity index (χ0v) is 7.35. The van der Waals surface area contributed by atoms with Crippen molar-refractivity contribution in [3.8, 4) is 0 Å². The van der Waals surface area contributed by atoms with Crippen LogP contribution in [0.5, 0.6) is 0 Å². The van der Waals surface area contributed by atoms with E-state index in [-0.39, 0.29) is 0 Å². The Hall–Kier alpha value is 0. The third kappa shape index (κ3) is 0.580. The van der Waals surface area contributed by atoms with Gasteiger partial charge in [-0.1, -0.05) is 20.8 Å². The van der Waals surface area contributed by atoms with Crippen LogP contribution in [0.4, 0.5) is 0 Å². The van der Waals surface area contributed by atoms with Gasteiger partial charge in [-0.3, -0.25) is 0 Å². The maximum Gasteiger partial charge on any atom is -0.0238 e. The van der Waals surface area contributed by atoms with Gasteiger partial charge >= 0.3 is 0 Å². The van der Waals surface area contributed by atoms with Gasteiger partial charge in [-0.05, 0) is 42.4 Å². The minimum Gasteiger partial charge on any atom is -0.0648 e. The molecule has 0 amide bonds. The highest BCUT2D eigenvalue weighted by atomic mass is 14.7. The standard InChI is InChI=1S/C10H18/c1-4-10-6-7(2)5-9(10)8(10)3/h7-9H,4-6H2,1-3H3. The lowest BCUT2D eigenvalue weighted by atomic mass is 9.93. The Morgan fingerprint density at radius 1 is 1.40 bits per heavy atom. The van der Waals surface area contributed by atoms with Crippen molar-refractivity contribution in [1.82, 2.24) is 0 Å². The molecule has 0 nitrogen and oxygen atoms in total. The highest BCUT2D eigenvalue weighted by Gasteiger charge is 2.63. The maximum absolute atomic E-state index is 2.44. The fraction of sp³-hybridized carbons (Fsp3) is 1.00. The van der Waals surface area contributed by atoms with E-state index in [0.717, 1.165) is 23.2 Å². The quantitative estimate of drug-likeness (QED) is 0.522. The molecule has 0 aromatic rings. The second-order valence-corrected chi connectivity index (χ2v) is 4.53. The molecule has 4 unspecified atom stereocenters. The van der Waals surface area contributed by atoms with Crippen LogP contribution in [0.1, 0.15) is 40.0 Å². The van der Waals surface area contributed by atoms with Crippen LogP contribution in [0.15, 0.2) is 0 Å². The molecule has 0 saturated heterocycles. The average Bonchev–Trinajstić information content (AvgIpc) is 2.36. The molecule has 2 saturated carbocycles. The molecule has 0 heteroatoms. The summed E-state index contributed by atoms with van der Waals surface area (Å²) in [4.78, 5) is 0. The molecule has 0 aliphatic heterocycles. The third-order valence-corrected chi connectivity index (χ3v) is 4.18. The predicted molar refractivity (Wildman–Crippen MR) is 43.8 cm³/mol. The summed E-state index contributed by atoms with van der Waals surface area (Å²) < 4.78 is 0. The van der Waals surface area contributed by atoms with Crippen LogP contribution < -0.4 is 0 Å². The van der Waals surface area contributed by atoms with Crippen molar-refractivity contribution in [3.05, 3.63) is 0 Å². The smallest absolute Gasteiger partial charge is 0.0238 e. The van der Waals surface area contributed by atoms with E-state index in [4.69, 9.17) is 0 Å². The Labute approximate surface area is 64.0 Å². The molecular formula is C10H18. The van der Waals surface area contributed by atoms with Crippen molar-refractivity contribution >= 4 is 0 Å². The summed E-state index contributed by atoms with van der Waals surface area (Å²) in [5.41, 5.74) is 0.833. The third-order valence-electron chi connectivity index (χ3n) is 4.18. The highest BCUT2D eigenvalue weighted by Crippen LogP contribution is 2.71. The highest BCUT2D eigenvalue weighted by molar-refractivity contribution is 5.12. The molecule has 0 heterocycles. The molecule has 58 valence electrons. The van der Waals surface area contributed by atoms with Gasteiger partial charge in [-0.15, -0.1) is 0 Å². The monoisotopic (exact) mass is 138 g/mol. The summed E-state index contributed by atoms with van der Waals surface area (Å²) in [7, 11) is 0. The van der Waals surface area contributed by atoms with Gasteiger partial charge in [0.05, 0.1) is 0 Å². The zero-order valence-electron chi connectivity index (χ0n) is 7.35. The van der Waals surface area contributed by atoms with E-state index in [1.54, 1.807) is 0 Å². The first-order chi connectivity index (χ1) is 4.70. The fourth-order valence-corrected chi connectivity index (χ4v) is 3.47. The summed E-state index contributed by atoms with van der Waals surface area (Å²) >= 11 is 0. The van der Waals surface area contributed by atoms with Crippen molar-refractivity contribution in [2.45, 2.75) is 40.0 Å². The van der Waals surface area contributed by atoms with Gasteiger partial charge in [0.15, 0.2) is 0 Å². The molecule has 0 spiro atoms. The van der Waals surface area contributed by atoms with Gasteiger partial charge in [0.25, 0.3) is 0 Å². The number of hydrogen-bond donors (Lipinski definition) is 0. The van der Waals surface area contributed by atoms with E-state index in [0.29, 0.717) is 0 Å². The first-order valence-corrected chi connectivity index (χ1v) is 4.70. The predicted octanol–water partition coefficient (Wildman–Crippen LogP) is 3.08. The van der Waals surface area contributed by atoms with Gasteiger partial charge < -0.3 is 0 Å². The molecular weight excluding hydrogens is 120 g/mol. The Morgan fingerprint density at radius 3 is 2.50 bits per heavy atom. The van der Waals surface area contributed by atoms with Crippen LogP contribution in [0, 0.1) is 23.2 Å². The van der Waals surface area contributed by atoms with Gasteiger partial charge in [-0.2, -0.15) is 0 Å². The topological polar surface area (TPSA) is 0 Å². The normalized spacial score (nSPS) is 58.5. The molecule has 2 aliphatic rings. The summed E-state index contributed by atoms with van der Waals surface area (Å²) in [5, 5.41) is 0. The minimum atomic E-state index is 0.833. The second-order valence-electron chi connectivity index (χ2n) is 4.53. The lowest BCUT2D eigenvalue weighted by Crippen LogP contribution is -2.02. The second kappa shape index (κ2) is 1.78. The van der Waals surface area contributed by atoms with Crippen LogP contribution in [0.2, 0.25) is 0 Å². The number of hydrogen-bond acceptors (Lipinski definition) is 0. The van der Waals surface area contributed by atoms with Crippen LogP contribution in [-0.2, 0) is 0 Å². The Kier molecular flexibility index (Phi) is 1.19. The van der Waals surface area contributed by atoms with E-state index in [1.165, 1.54) is 19.3 Å². The summed E-state index contributed by atoms with van der Waals surface area (Å²) in [6.45, 7) is 7.23. The van der Waals surface area contributed by atoms with Crippen LogP contribution in [-0.4, -0.2) is 0 Å². The van der Waals surface area contributed by atoms with E-state index in [9.17, 15) is 0 Å². The largest absolute Gasteiger partial charge is 0.0648 e. The molecule has 4 atom stereocenters. The Bertz CT molecular complexity index is 150. The lowest BCUT2D eigenvalue weighted by molar-refractivity contribution is 0.380. The molecule has 2 rings (SSSR count). The maximum atomic E-state index is 2.44. The first kappa shape index (κ1) is 6.69. The fourth-order valence-electron chi connectivity index (χ4n) is 3.47. The van der Waals surface area contributed by atoms with Gasteiger partial charge in [-0.25, -0.2) is 0 Å². The van der Waals surface area contributed by atoms with Crippen molar-refractivity contribution in [2.75, 3.05) is 0 Å². The first-order valence-electron chi connectivity index (χ1n) is 4.70. The van der Waals surface area contributed by atoms with E-state index < -0.39 is 0 Å². The molecule has 0 radical (unpaired) electrons. The summed E-state index contributed by atoms with van der Waals surface area (Å²) in [6, 6.07) is 0. The van der Waals surface area contributed by atoms with Gasteiger partial charge in [0, 0.05) is 0 Å². The molecule has 10 heavy (non-hydrogen) atoms. The van der Waals surface area contributed by atoms with Crippen LogP contribution in [0.3, 0.4) is 0 Å². The molecule has 0 N–H and O–H groups in total. The molecule has 0 aromatic heterocycles. The van der Waals surface area contributed by atoms with Gasteiger partial charge in [0.2, 0.25) is 0 Å². The van der Waals surface area contributed by atoms with E-state index >= 15 is 0 Å². The SMILES string of the molecule is CCC12CC(C)CC1C2C. The zero-order chi connectivity index (χ0) is 7.35. The molecule has 0 bridgehead atoms. The van der Waals surface area contributed by atoms with E-state index in [1.807, 2.05) is 0 Å². The van der Waals surface area contributed by atoms with Crippen molar-refractivity contribution < 1.29 is 0 Å². The number of fused-ring (bicyclic) bond motifs is 1. The molecule has 0 aromatic carbocycles. The summed E-state index contributed by atoms with van der Waals surface area (Å²) in [6.07, 6.45) is 4.48. The van der Waals surface area contributed by atoms with Crippen LogP contribution in [0.25, 0.3) is 0 Å². The summed E-state index contributed by atoms with van der Waals surface area (Å²) in [5.74, 6) is 3.21. The molecule has 2 fully saturated rings. The number of rotatable bonds is 1. The molecule has 2 aliphatic carbocycles. The average molecular weight is 138 g/mol. The Morgan fingerprint density at radius 2 is 2.10 bits per heavy atom. The van der Waals surface area contributed by atoms with Crippen molar-refractivity contribution in [3.63, 3.8) is 0 Å². The minimum absolute atomic E-state index is 0.833. The van der Waals surface area contributed by atoms with E-state index in [2.05, 4.69) is 20.8 Å². The van der Waals surface area contributed by atoms with Crippen LogP contribution >= 0.6 is 0 Å². The Balaban J connectivity index is 2.11. The van der Waals surface area contributed by atoms with Gasteiger partial charge in [0.1, 0.15) is 0 Å².